The standard InChI is InChI=1S/C15H12BrF2NO3S/c1-9-2-5-11(16)8-13(9)19-14(20)10-3-6-12(7-4-10)23(21,22)15(17)18/h2-8,15H,1H3,(H,19,20). The third-order valence-electron chi connectivity index (χ3n) is 3.13. The van der Waals surface area contributed by atoms with E-state index >= 15 is 0 Å². The average molecular weight is 404 g/mol. The fourth-order valence-corrected chi connectivity index (χ4v) is 2.90. The van der Waals surface area contributed by atoms with Gasteiger partial charge in [0, 0.05) is 15.7 Å². The van der Waals surface area contributed by atoms with Crippen molar-refractivity contribution >= 4 is 37.4 Å². The first-order chi connectivity index (χ1) is 10.7. The van der Waals surface area contributed by atoms with Crippen LogP contribution in [0.3, 0.4) is 0 Å². The molecule has 0 saturated carbocycles. The van der Waals surface area contributed by atoms with Gasteiger partial charge in [0.15, 0.2) is 0 Å². The van der Waals surface area contributed by atoms with E-state index < -0.39 is 26.4 Å². The molecule has 122 valence electrons. The normalized spacial score (nSPS) is 11.5. The smallest absolute Gasteiger partial charge is 0.322 e. The van der Waals surface area contributed by atoms with E-state index in [0.717, 1.165) is 22.2 Å². The molecular formula is C15H12BrF2NO3S. The Morgan fingerprint density at radius 1 is 1.13 bits per heavy atom. The highest BCUT2D eigenvalue weighted by Gasteiger charge is 2.26. The monoisotopic (exact) mass is 403 g/mol. The largest absolute Gasteiger partial charge is 0.341 e. The third kappa shape index (κ3) is 3.94. The van der Waals surface area contributed by atoms with Crippen molar-refractivity contribution < 1.29 is 22.0 Å². The minimum Gasteiger partial charge on any atom is -0.322 e. The highest BCUT2D eigenvalue weighted by molar-refractivity contribution is 9.10. The topological polar surface area (TPSA) is 63.2 Å². The zero-order chi connectivity index (χ0) is 17.2. The lowest BCUT2D eigenvalue weighted by molar-refractivity contribution is 0.102. The summed E-state index contributed by atoms with van der Waals surface area (Å²) in [6.07, 6.45) is 0. The molecule has 0 radical (unpaired) electrons. The van der Waals surface area contributed by atoms with E-state index in [9.17, 15) is 22.0 Å². The molecule has 0 saturated heterocycles. The van der Waals surface area contributed by atoms with Gasteiger partial charge in [0.2, 0.25) is 9.84 Å². The van der Waals surface area contributed by atoms with Crippen LogP contribution in [-0.2, 0) is 9.84 Å². The van der Waals surface area contributed by atoms with Gasteiger partial charge in [0.25, 0.3) is 5.91 Å². The Bertz CT molecular complexity index is 836. The number of alkyl halides is 2. The number of aryl methyl sites for hydroxylation is 1. The molecule has 0 fully saturated rings. The lowest BCUT2D eigenvalue weighted by Gasteiger charge is -2.09. The van der Waals surface area contributed by atoms with Gasteiger partial charge in [-0.1, -0.05) is 22.0 Å². The summed E-state index contributed by atoms with van der Waals surface area (Å²) in [7, 11) is -4.66. The predicted molar refractivity (Wildman–Crippen MR) is 86.5 cm³/mol. The van der Waals surface area contributed by atoms with Crippen molar-refractivity contribution in [3.05, 3.63) is 58.1 Å². The molecule has 0 atom stereocenters. The van der Waals surface area contributed by atoms with Gasteiger partial charge >= 0.3 is 5.76 Å². The van der Waals surface area contributed by atoms with E-state index in [0.29, 0.717) is 5.69 Å². The summed E-state index contributed by atoms with van der Waals surface area (Å²) < 4.78 is 48.4. The Hall–Kier alpha value is -1.80. The number of nitrogens with one attached hydrogen (secondary N) is 1. The fourth-order valence-electron chi connectivity index (χ4n) is 1.82. The van der Waals surface area contributed by atoms with E-state index in [-0.39, 0.29) is 5.56 Å². The lowest BCUT2D eigenvalue weighted by Crippen LogP contribution is -2.14. The Balaban J connectivity index is 2.23. The van der Waals surface area contributed by atoms with Crippen LogP contribution in [0.1, 0.15) is 15.9 Å². The van der Waals surface area contributed by atoms with Gasteiger partial charge in [-0.3, -0.25) is 4.79 Å². The quantitative estimate of drug-likeness (QED) is 0.838. The minimum absolute atomic E-state index is 0.164. The second-order valence-electron chi connectivity index (χ2n) is 4.74. The Labute approximate surface area is 140 Å². The SMILES string of the molecule is Cc1ccc(Br)cc1NC(=O)c1ccc(S(=O)(=O)C(F)F)cc1. The average Bonchev–Trinajstić information content (AvgIpc) is 2.50. The van der Waals surface area contributed by atoms with Gasteiger partial charge in [-0.15, -0.1) is 0 Å². The summed E-state index contributed by atoms with van der Waals surface area (Å²) in [6, 6.07) is 9.74. The van der Waals surface area contributed by atoms with E-state index in [2.05, 4.69) is 21.2 Å². The van der Waals surface area contributed by atoms with Gasteiger partial charge in [0.1, 0.15) is 0 Å². The van der Waals surface area contributed by atoms with Gasteiger partial charge in [-0.25, -0.2) is 8.42 Å². The predicted octanol–water partition coefficient (Wildman–Crippen LogP) is 4.01. The molecule has 0 heterocycles. The fraction of sp³-hybridized carbons (Fsp3) is 0.133. The van der Waals surface area contributed by atoms with Crippen molar-refractivity contribution in [2.45, 2.75) is 17.6 Å². The van der Waals surface area contributed by atoms with Gasteiger partial charge in [0.05, 0.1) is 4.90 Å². The molecule has 0 unspecified atom stereocenters. The molecular weight excluding hydrogens is 392 g/mol. The first-order valence-corrected chi connectivity index (χ1v) is 8.75. The maximum Gasteiger partial charge on any atom is 0.341 e. The summed E-state index contributed by atoms with van der Waals surface area (Å²) in [5, 5.41) is 2.68. The Kier molecular flexibility index (Phi) is 5.16. The van der Waals surface area contributed by atoms with Crippen LogP contribution in [0.15, 0.2) is 51.8 Å². The van der Waals surface area contributed by atoms with Crippen LogP contribution in [0.5, 0.6) is 0 Å². The summed E-state index contributed by atoms with van der Waals surface area (Å²) in [4.78, 5) is 11.6. The van der Waals surface area contributed by atoms with Crippen molar-refractivity contribution in [3.63, 3.8) is 0 Å². The summed E-state index contributed by atoms with van der Waals surface area (Å²) in [5.41, 5.74) is 1.60. The van der Waals surface area contributed by atoms with Crippen molar-refractivity contribution in [2.75, 3.05) is 5.32 Å². The van der Waals surface area contributed by atoms with Crippen LogP contribution >= 0.6 is 15.9 Å². The highest BCUT2D eigenvalue weighted by Crippen LogP contribution is 2.22. The van der Waals surface area contributed by atoms with Gasteiger partial charge in [-0.2, -0.15) is 8.78 Å². The second kappa shape index (κ2) is 6.76. The molecule has 0 aliphatic heterocycles. The molecule has 1 amide bonds. The zero-order valence-electron chi connectivity index (χ0n) is 11.9. The molecule has 0 aliphatic carbocycles. The first kappa shape index (κ1) is 17.6. The number of carbonyl (C=O) groups excluding carboxylic acids is 1. The molecule has 1 N–H and O–H groups in total. The number of benzene rings is 2. The van der Waals surface area contributed by atoms with Crippen LogP contribution < -0.4 is 5.32 Å². The molecule has 2 aromatic carbocycles. The molecule has 23 heavy (non-hydrogen) atoms. The van der Waals surface area contributed by atoms with Gasteiger partial charge in [-0.05, 0) is 48.9 Å². The molecule has 4 nitrogen and oxygen atoms in total. The van der Waals surface area contributed by atoms with Gasteiger partial charge < -0.3 is 5.32 Å². The molecule has 0 aliphatic rings. The van der Waals surface area contributed by atoms with Crippen molar-refractivity contribution in [1.82, 2.24) is 0 Å². The number of carbonyl (C=O) groups is 1. The van der Waals surface area contributed by atoms with Crippen molar-refractivity contribution in [2.24, 2.45) is 0 Å². The maximum atomic E-state index is 12.5. The molecule has 2 rings (SSSR count). The third-order valence-corrected chi connectivity index (χ3v) is 5.02. The second-order valence-corrected chi connectivity index (χ2v) is 7.58. The van der Waals surface area contributed by atoms with Crippen LogP contribution in [0.2, 0.25) is 0 Å². The van der Waals surface area contributed by atoms with E-state index in [1.807, 2.05) is 19.1 Å². The first-order valence-electron chi connectivity index (χ1n) is 6.41. The number of anilines is 1. The Morgan fingerprint density at radius 3 is 2.30 bits per heavy atom. The number of rotatable bonds is 4. The molecule has 0 aromatic heterocycles. The van der Waals surface area contributed by atoms with Crippen LogP contribution in [0.4, 0.5) is 14.5 Å². The van der Waals surface area contributed by atoms with Crippen molar-refractivity contribution in [1.29, 1.82) is 0 Å². The minimum atomic E-state index is -4.66. The van der Waals surface area contributed by atoms with E-state index in [1.54, 1.807) is 6.07 Å². The summed E-state index contributed by atoms with van der Waals surface area (Å²) >= 11 is 3.30. The summed E-state index contributed by atoms with van der Waals surface area (Å²) in [6.45, 7) is 1.82. The molecule has 0 bridgehead atoms. The van der Waals surface area contributed by atoms with E-state index in [1.165, 1.54) is 12.1 Å². The lowest BCUT2D eigenvalue weighted by atomic mass is 10.1. The van der Waals surface area contributed by atoms with Crippen LogP contribution in [0.25, 0.3) is 0 Å². The zero-order valence-corrected chi connectivity index (χ0v) is 14.3. The molecule has 8 heteroatoms. The molecule has 2 aromatic rings. The number of hydrogen-bond acceptors (Lipinski definition) is 3. The van der Waals surface area contributed by atoms with E-state index in [4.69, 9.17) is 0 Å². The molecule has 0 spiro atoms. The number of sulfone groups is 1. The highest BCUT2D eigenvalue weighted by atomic mass is 79.9. The summed E-state index contributed by atoms with van der Waals surface area (Å²) in [5.74, 6) is -3.96. The number of hydrogen-bond donors (Lipinski definition) is 1. The number of amides is 1. The van der Waals surface area contributed by atoms with Crippen molar-refractivity contribution in [3.8, 4) is 0 Å². The Morgan fingerprint density at radius 2 is 1.74 bits per heavy atom. The maximum absolute atomic E-state index is 12.5. The van der Waals surface area contributed by atoms with Crippen LogP contribution in [0, 0.1) is 6.92 Å². The van der Waals surface area contributed by atoms with Crippen LogP contribution in [-0.4, -0.2) is 20.1 Å². The number of halogens is 3.